The number of nitrogens with one attached hydrogen (secondary N) is 1. The third-order valence-corrected chi connectivity index (χ3v) is 1.36. The molecule has 0 bridgehead atoms. The average molecular weight is 158 g/mol. The molecule has 0 radical (unpaired) electrons. The van der Waals surface area contributed by atoms with Gasteiger partial charge in [0.15, 0.2) is 0 Å². The molecule has 1 N–H and O–H groups in total. The second-order valence-electron chi connectivity index (χ2n) is 1.90. The Kier molecular flexibility index (Phi) is 6.37. The highest BCUT2D eigenvalue weighted by atomic mass is 35.5. The molecular formula is C8H12ClN. The fourth-order valence-corrected chi connectivity index (χ4v) is 0.665. The van der Waals surface area contributed by atoms with Gasteiger partial charge in [0.2, 0.25) is 0 Å². The van der Waals surface area contributed by atoms with E-state index < -0.39 is 0 Å². The van der Waals surface area contributed by atoms with Crippen LogP contribution in [-0.4, -0.2) is 12.6 Å². The summed E-state index contributed by atoms with van der Waals surface area (Å²) in [6.45, 7) is 2.79. The maximum atomic E-state index is 5.30. The summed E-state index contributed by atoms with van der Waals surface area (Å²) < 4.78 is 0. The van der Waals surface area contributed by atoms with Crippen LogP contribution in [0.3, 0.4) is 0 Å². The molecule has 0 fully saturated rings. The van der Waals surface area contributed by atoms with E-state index in [2.05, 4.69) is 11.2 Å². The van der Waals surface area contributed by atoms with Gasteiger partial charge in [0.1, 0.15) is 0 Å². The van der Waals surface area contributed by atoms with Crippen molar-refractivity contribution in [1.82, 2.24) is 5.32 Å². The van der Waals surface area contributed by atoms with Crippen molar-refractivity contribution in [3.8, 4) is 12.3 Å². The third kappa shape index (κ3) is 4.43. The zero-order valence-electron chi connectivity index (χ0n) is 6.10. The maximum absolute atomic E-state index is 5.30. The molecule has 0 spiro atoms. The number of halogens is 1. The molecule has 0 heterocycles. The summed E-state index contributed by atoms with van der Waals surface area (Å²) in [5.74, 6) is 2.62. The lowest BCUT2D eigenvalue weighted by molar-refractivity contribution is 0.634. The predicted octanol–water partition coefficient (Wildman–Crippen LogP) is 1.74. The number of rotatable bonds is 4. The molecule has 0 aromatic carbocycles. The minimum atomic E-state index is 0.174. The summed E-state index contributed by atoms with van der Waals surface area (Å²) in [6.07, 6.45) is 7.97. The Hall–Kier alpha value is -0.450. The molecule has 10 heavy (non-hydrogen) atoms. The van der Waals surface area contributed by atoms with Crippen LogP contribution in [0.15, 0.2) is 11.6 Å². The molecule has 0 aromatic heterocycles. The molecule has 0 rings (SSSR count). The smallest absolute Gasteiger partial charge is 0.0686 e. The molecule has 1 atom stereocenters. The molecule has 0 aliphatic rings. The predicted molar refractivity (Wildman–Crippen MR) is 45.9 cm³/mol. The highest BCUT2D eigenvalue weighted by Gasteiger charge is 1.95. The van der Waals surface area contributed by atoms with Gasteiger partial charge in [-0.25, -0.2) is 0 Å². The van der Waals surface area contributed by atoms with Crippen molar-refractivity contribution < 1.29 is 0 Å². The first-order valence-electron chi connectivity index (χ1n) is 3.29. The standard InChI is InChI=1S/C8H12ClN/c1-3-8(4-2)10-7-5-6-9/h1,5-6,8,10H,4,7H2,2H3/b6-5+. The van der Waals surface area contributed by atoms with Crippen LogP contribution < -0.4 is 5.32 Å². The lowest BCUT2D eigenvalue weighted by Crippen LogP contribution is -2.26. The molecule has 0 saturated heterocycles. The van der Waals surface area contributed by atoms with Gasteiger partial charge in [-0.05, 0) is 6.42 Å². The number of terminal acetylenes is 1. The van der Waals surface area contributed by atoms with Crippen molar-refractivity contribution in [2.75, 3.05) is 6.54 Å². The molecule has 0 amide bonds. The Morgan fingerprint density at radius 1 is 1.80 bits per heavy atom. The van der Waals surface area contributed by atoms with Crippen molar-refractivity contribution in [3.05, 3.63) is 11.6 Å². The molecule has 0 aliphatic heterocycles. The lowest BCUT2D eigenvalue weighted by atomic mass is 10.2. The highest BCUT2D eigenvalue weighted by molar-refractivity contribution is 6.25. The first-order chi connectivity index (χ1) is 4.85. The Balaban J connectivity index is 3.37. The average Bonchev–Trinajstić information content (AvgIpc) is 1.99. The minimum absolute atomic E-state index is 0.174. The van der Waals surface area contributed by atoms with Gasteiger partial charge in [-0.2, -0.15) is 0 Å². The second kappa shape index (κ2) is 6.67. The van der Waals surface area contributed by atoms with Crippen LogP contribution in [0.5, 0.6) is 0 Å². The monoisotopic (exact) mass is 157 g/mol. The fourth-order valence-electron chi connectivity index (χ4n) is 0.576. The molecule has 1 unspecified atom stereocenters. The van der Waals surface area contributed by atoms with Crippen molar-refractivity contribution in [2.45, 2.75) is 19.4 Å². The SMILES string of the molecule is C#CC(CC)NC/C=C/Cl. The molecule has 1 nitrogen and oxygen atoms in total. The van der Waals surface area contributed by atoms with Gasteiger partial charge in [0, 0.05) is 12.1 Å². The molecule has 0 saturated carbocycles. The Morgan fingerprint density at radius 3 is 2.90 bits per heavy atom. The quantitative estimate of drug-likeness (QED) is 0.613. The largest absolute Gasteiger partial charge is 0.300 e. The molecule has 56 valence electrons. The summed E-state index contributed by atoms with van der Waals surface area (Å²) >= 11 is 5.30. The van der Waals surface area contributed by atoms with E-state index in [0.717, 1.165) is 13.0 Å². The van der Waals surface area contributed by atoms with Crippen LogP contribution in [0.2, 0.25) is 0 Å². The van der Waals surface area contributed by atoms with E-state index in [1.807, 2.05) is 13.0 Å². The summed E-state index contributed by atoms with van der Waals surface area (Å²) in [6, 6.07) is 0.174. The zero-order chi connectivity index (χ0) is 7.82. The highest BCUT2D eigenvalue weighted by Crippen LogP contribution is 1.86. The minimum Gasteiger partial charge on any atom is -0.300 e. The van der Waals surface area contributed by atoms with Gasteiger partial charge >= 0.3 is 0 Å². The van der Waals surface area contributed by atoms with Crippen LogP contribution in [0, 0.1) is 12.3 Å². The first-order valence-corrected chi connectivity index (χ1v) is 3.73. The Bertz CT molecular complexity index is 135. The molecule has 2 heteroatoms. The lowest BCUT2D eigenvalue weighted by Gasteiger charge is -2.06. The van der Waals surface area contributed by atoms with E-state index >= 15 is 0 Å². The Labute approximate surface area is 67.5 Å². The van der Waals surface area contributed by atoms with Gasteiger partial charge in [0.05, 0.1) is 6.04 Å². The van der Waals surface area contributed by atoms with E-state index in [9.17, 15) is 0 Å². The van der Waals surface area contributed by atoms with Crippen LogP contribution >= 0.6 is 11.6 Å². The molecule has 0 aliphatic carbocycles. The number of hydrogen-bond donors (Lipinski definition) is 1. The topological polar surface area (TPSA) is 12.0 Å². The normalized spacial score (nSPS) is 13.3. The van der Waals surface area contributed by atoms with Crippen molar-refractivity contribution in [2.24, 2.45) is 0 Å². The maximum Gasteiger partial charge on any atom is 0.0686 e. The summed E-state index contributed by atoms with van der Waals surface area (Å²) in [5, 5.41) is 3.11. The summed E-state index contributed by atoms with van der Waals surface area (Å²) in [4.78, 5) is 0. The zero-order valence-corrected chi connectivity index (χ0v) is 6.86. The summed E-state index contributed by atoms with van der Waals surface area (Å²) in [5.41, 5.74) is 1.48. The van der Waals surface area contributed by atoms with E-state index in [1.54, 1.807) is 0 Å². The number of hydrogen-bond acceptors (Lipinski definition) is 1. The first kappa shape index (κ1) is 9.55. The van der Waals surface area contributed by atoms with Gasteiger partial charge < -0.3 is 5.32 Å². The van der Waals surface area contributed by atoms with Gasteiger partial charge in [-0.3, -0.25) is 0 Å². The fraction of sp³-hybridized carbons (Fsp3) is 0.500. The van der Waals surface area contributed by atoms with Gasteiger partial charge in [0.25, 0.3) is 0 Å². The second-order valence-corrected chi connectivity index (χ2v) is 2.15. The van der Waals surface area contributed by atoms with E-state index in [1.165, 1.54) is 5.54 Å². The van der Waals surface area contributed by atoms with Gasteiger partial charge in [-0.15, -0.1) is 6.42 Å². The van der Waals surface area contributed by atoms with Crippen LogP contribution in [-0.2, 0) is 0 Å². The van der Waals surface area contributed by atoms with Crippen LogP contribution in [0.1, 0.15) is 13.3 Å². The summed E-state index contributed by atoms with van der Waals surface area (Å²) in [7, 11) is 0. The van der Waals surface area contributed by atoms with E-state index in [4.69, 9.17) is 18.0 Å². The Morgan fingerprint density at radius 2 is 2.50 bits per heavy atom. The van der Waals surface area contributed by atoms with Crippen LogP contribution in [0.4, 0.5) is 0 Å². The van der Waals surface area contributed by atoms with Crippen molar-refractivity contribution in [1.29, 1.82) is 0 Å². The van der Waals surface area contributed by atoms with Crippen molar-refractivity contribution in [3.63, 3.8) is 0 Å². The molecule has 0 aromatic rings. The van der Waals surface area contributed by atoms with Crippen LogP contribution in [0.25, 0.3) is 0 Å². The molecular weight excluding hydrogens is 146 g/mol. The third-order valence-electron chi connectivity index (χ3n) is 1.18. The van der Waals surface area contributed by atoms with Gasteiger partial charge in [-0.1, -0.05) is 30.5 Å². The van der Waals surface area contributed by atoms with E-state index in [0.29, 0.717) is 0 Å². The van der Waals surface area contributed by atoms with E-state index in [-0.39, 0.29) is 6.04 Å². The van der Waals surface area contributed by atoms with Crippen molar-refractivity contribution >= 4 is 11.6 Å².